The first-order chi connectivity index (χ1) is 5.33. The van der Waals surface area contributed by atoms with Gasteiger partial charge in [0.25, 0.3) is 0 Å². The molecule has 0 spiro atoms. The molecule has 0 bridgehead atoms. The lowest BCUT2D eigenvalue weighted by atomic mass is 10.6. The lowest BCUT2D eigenvalue weighted by molar-refractivity contribution is -0.122. The third-order valence-electron chi connectivity index (χ3n) is 0.902. The third-order valence-corrected chi connectivity index (χ3v) is 1.69. The summed E-state index contributed by atoms with van der Waals surface area (Å²) < 4.78 is 3.99. The molecule has 1 aromatic heterocycles. The summed E-state index contributed by atoms with van der Waals surface area (Å²) in [5.74, 6) is 0. The van der Waals surface area contributed by atoms with Crippen molar-refractivity contribution in [2.75, 3.05) is 5.32 Å². The fraction of sp³-hybridized carbons (Fsp3) is 0. The molecule has 1 aromatic rings. The van der Waals surface area contributed by atoms with Crippen LogP contribution >= 0.6 is 11.3 Å². The van der Waals surface area contributed by atoms with E-state index in [1.807, 2.05) is 0 Å². The lowest BCUT2D eigenvalue weighted by Crippen LogP contribution is -2.11. The molecule has 1 rings (SSSR count). The highest BCUT2D eigenvalue weighted by molar-refractivity contribution is 7.14. The normalized spacial score (nSPS) is 8.73. The number of anilines is 1. The quantitative estimate of drug-likeness (QED) is 0.541. The topological polar surface area (TPSA) is 55.4 Å². The van der Waals surface area contributed by atoms with Gasteiger partial charge >= 0.3 is 12.6 Å². The summed E-state index contributed by atoms with van der Waals surface area (Å²) in [6.07, 6.45) is -0.762. The molecule has 0 aliphatic rings. The van der Waals surface area contributed by atoms with E-state index >= 15 is 0 Å². The van der Waals surface area contributed by atoms with Crippen molar-refractivity contribution in [3.8, 4) is 0 Å². The molecule has 0 aromatic carbocycles. The van der Waals surface area contributed by atoms with Crippen molar-refractivity contribution in [1.82, 2.24) is 0 Å². The second-order valence-electron chi connectivity index (χ2n) is 1.60. The Hall–Kier alpha value is -1.36. The molecule has 0 saturated carbocycles. The van der Waals surface area contributed by atoms with Crippen molar-refractivity contribution >= 4 is 28.9 Å². The van der Waals surface area contributed by atoms with Crippen molar-refractivity contribution in [3.05, 3.63) is 17.5 Å². The molecule has 0 unspecified atom stereocenters. The zero-order valence-electron chi connectivity index (χ0n) is 5.44. The number of carbonyl (C=O) groups is 2. The Labute approximate surface area is 66.8 Å². The standard InChI is InChI=1S/C6H5NO3S/c8-4-10-6(9)7-5-2-1-3-11-5/h1-4H,(H,7,9). The Balaban J connectivity index is 2.43. The van der Waals surface area contributed by atoms with Gasteiger partial charge in [-0.25, -0.2) is 4.79 Å². The number of carbonyl (C=O) groups excluding carboxylic acids is 2. The molecule has 0 fully saturated rings. The van der Waals surface area contributed by atoms with Gasteiger partial charge in [0.2, 0.25) is 0 Å². The van der Waals surface area contributed by atoms with Gasteiger partial charge in [-0.2, -0.15) is 0 Å². The Morgan fingerprint density at radius 2 is 2.55 bits per heavy atom. The zero-order chi connectivity index (χ0) is 8.10. The van der Waals surface area contributed by atoms with Gasteiger partial charge in [0.05, 0.1) is 5.00 Å². The van der Waals surface area contributed by atoms with Crippen LogP contribution in [0.3, 0.4) is 0 Å². The van der Waals surface area contributed by atoms with E-state index in [4.69, 9.17) is 0 Å². The Morgan fingerprint density at radius 3 is 3.09 bits per heavy atom. The van der Waals surface area contributed by atoms with Crippen molar-refractivity contribution in [1.29, 1.82) is 0 Å². The van der Waals surface area contributed by atoms with E-state index in [1.165, 1.54) is 11.3 Å². The molecule has 5 heteroatoms. The first-order valence-corrected chi connectivity index (χ1v) is 3.65. The summed E-state index contributed by atoms with van der Waals surface area (Å²) >= 11 is 1.35. The zero-order valence-corrected chi connectivity index (χ0v) is 6.26. The molecular weight excluding hydrogens is 166 g/mol. The van der Waals surface area contributed by atoms with E-state index in [0.717, 1.165) is 0 Å². The van der Waals surface area contributed by atoms with Gasteiger partial charge in [-0.15, -0.1) is 11.3 Å². The number of hydrogen-bond donors (Lipinski definition) is 1. The average Bonchev–Trinajstić information content (AvgIpc) is 2.40. The number of nitrogens with one attached hydrogen (secondary N) is 1. The van der Waals surface area contributed by atoms with Gasteiger partial charge in [-0.1, -0.05) is 0 Å². The van der Waals surface area contributed by atoms with Crippen LogP contribution in [0, 0.1) is 0 Å². The Morgan fingerprint density at radius 1 is 1.73 bits per heavy atom. The second kappa shape index (κ2) is 3.72. The van der Waals surface area contributed by atoms with Crippen molar-refractivity contribution in [2.45, 2.75) is 0 Å². The maximum Gasteiger partial charge on any atom is 0.419 e. The van der Waals surface area contributed by atoms with Crippen molar-refractivity contribution in [3.63, 3.8) is 0 Å². The van der Waals surface area contributed by atoms with E-state index < -0.39 is 6.09 Å². The van der Waals surface area contributed by atoms with Gasteiger partial charge < -0.3 is 4.74 Å². The Kier molecular flexibility index (Phi) is 2.62. The van der Waals surface area contributed by atoms with Crippen LogP contribution in [0.25, 0.3) is 0 Å². The summed E-state index contributed by atoms with van der Waals surface area (Å²) in [5.41, 5.74) is 0. The van der Waals surface area contributed by atoms with Gasteiger partial charge in [0.15, 0.2) is 0 Å². The minimum absolute atomic E-state index is 0.0862. The molecule has 0 saturated heterocycles. The van der Waals surface area contributed by atoms with E-state index in [1.54, 1.807) is 17.5 Å². The summed E-state index contributed by atoms with van der Waals surface area (Å²) in [4.78, 5) is 20.2. The number of rotatable bonds is 2. The average molecular weight is 171 g/mol. The van der Waals surface area contributed by atoms with Crippen LogP contribution in [0.5, 0.6) is 0 Å². The molecule has 11 heavy (non-hydrogen) atoms. The van der Waals surface area contributed by atoms with Crippen LogP contribution in [-0.4, -0.2) is 12.6 Å². The largest absolute Gasteiger partial charge is 0.419 e. The minimum Gasteiger partial charge on any atom is -0.378 e. The molecule has 0 atom stereocenters. The highest BCUT2D eigenvalue weighted by Gasteiger charge is 2.00. The van der Waals surface area contributed by atoms with Crippen molar-refractivity contribution in [2.24, 2.45) is 0 Å². The van der Waals surface area contributed by atoms with Gasteiger partial charge in [0.1, 0.15) is 0 Å². The molecule has 1 heterocycles. The minimum atomic E-state index is -0.762. The number of hydrogen-bond acceptors (Lipinski definition) is 4. The lowest BCUT2D eigenvalue weighted by Gasteiger charge is -1.96. The van der Waals surface area contributed by atoms with Crippen LogP contribution in [-0.2, 0) is 9.53 Å². The van der Waals surface area contributed by atoms with Gasteiger partial charge in [-0.05, 0) is 17.5 Å². The summed E-state index contributed by atoms with van der Waals surface area (Å²) in [6.45, 7) is 0.0862. The highest BCUT2D eigenvalue weighted by Crippen LogP contribution is 2.14. The van der Waals surface area contributed by atoms with E-state index in [-0.39, 0.29) is 6.47 Å². The summed E-state index contributed by atoms with van der Waals surface area (Å²) in [7, 11) is 0. The molecule has 1 N–H and O–H groups in total. The Bertz CT molecular complexity index is 244. The maximum atomic E-state index is 10.6. The number of thiophene rings is 1. The molecule has 4 nitrogen and oxygen atoms in total. The van der Waals surface area contributed by atoms with Crippen LogP contribution in [0.2, 0.25) is 0 Å². The first kappa shape index (κ1) is 7.74. The summed E-state index contributed by atoms with van der Waals surface area (Å²) in [6, 6.07) is 3.48. The molecule has 58 valence electrons. The monoisotopic (exact) mass is 171 g/mol. The fourth-order valence-electron chi connectivity index (χ4n) is 0.523. The van der Waals surface area contributed by atoms with Crippen molar-refractivity contribution < 1.29 is 14.3 Å². The molecule has 0 aliphatic carbocycles. The number of ether oxygens (including phenoxy) is 1. The maximum absolute atomic E-state index is 10.6. The molecule has 0 radical (unpaired) electrons. The second-order valence-corrected chi connectivity index (χ2v) is 2.55. The van der Waals surface area contributed by atoms with E-state index in [2.05, 4.69) is 10.1 Å². The third kappa shape index (κ3) is 2.38. The fourth-order valence-corrected chi connectivity index (χ4v) is 1.13. The predicted octanol–water partition coefficient (Wildman–Crippen LogP) is 1.45. The predicted molar refractivity (Wildman–Crippen MR) is 40.5 cm³/mol. The molecule has 0 aliphatic heterocycles. The highest BCUT2D eigenvalue weighted by atomic mass is 32.1. The van der Waals surface area contributed by atoms with Gasteiger partial charge in [-0.3, -0.25) is 10.1 Å². The summed E-state index contributed by atoms with van der Waals surface area (Å²) in [5, 5.41) is 4.80. The number of amides is 1. The van der Waals surface area contributed by atoms with Gasteiger partial charge in [0, 0.05) is 0 Å². The van der Waals surface area contributed by atoms with Crippen LogP contribution in [0.1, 0.15) is 0 Å². The van der Waals surface area contributed by atoms with E-state index in [0.29, 0.717) is 5.00 Å². The first-order valence-electron chi connectivity index (χ1n) is 2.77. The van der Waals surface area contributed by atoms with Crippen LogP contribution < -0.4 is 5.32 Å². The molecule has 1 amide bonds. The van der Waals surface area contributed by atoms with Crippen LogP contribution in [0.4, 0.5) is 9.80 Å². The molecular formula is C6H5NO3S. The SMILES string of the molecule is O=COC(=O)Nc1cccs1. The van der Waals surface area contributed by atoms with E-state index in [9.17, 15) is 9.59 Å². The smallest absolute Gasteiger partial charge is 0.378 e. The van der Waals surface area contributed by atoms with Crippen LogP contribution in [0.15, 0.2) is 17.5 Å².